The molecule has 88 valence electrons. The molecule has 0 aromatic heterocycles. The van der Waals surface area contributed by atoms with E-state index in [1.54, 1.807) is 12.1 Å². The van der Waals surface area contributed by atoms with Crippen molar-refractivity contribution >= 4 is 28.3 Å². The molecule has 0 unspecified atom stereocenters. The standard InChI is InChI=1S/C14H9NO3/c16-12-8-13(17)15(14(12)18)11-7-3-5-9-4-1-2-6-10(9)11/h1-8,16H. The molecular formula is C14H9NO3. The topological polar surface area (TPSA) is 57.6 Å². The summed E-state index contributed by atoms with van der Waals surface area (Å²) in [4.78, 5) is 24.4. The van der Waals surface area contributed by atoms with Crippen molar-refractivity contribution in [1.29, 1.82) is 0 Å². The second kappa shape index (κ2) is 3.70. The summed E-state index contributed by atoms with van der Waals surface area (Å²) in [5.41, 5.74) is 0.489. The maximum Gasteiger partial charge on any atom is 0.300 e. The minimum absolute atomic E-state index is 0.489. The van der Waals surface area contributed by atoms with Gasteiger partial charge in [0.2, 0.25) is 0 Å². The molecule has 0 radical (unpaired) electrons. The van der Waals surface area contributed by atoms with Crippen molar-refractivity contribution in [1.82, 2.24) is 0 Å². The SMILES string of the molecule is O=C1C=C(O)C(=O)N1c1cccc2ccccc12. The van der Waals surface area contributed by atoms with Crippen LogP contribution in [0.2, 0.25) is 0 Å². The third kappa shape index (κ3) is 1.39. The fourth-order valence-corrected chi connectivity index (χ4v) is 2.09. The van der Waals surface area contributed by atoms with Gasteiger partial charge in [0.05, 0.1) is 11.8 Å². The highest BCUT2D eigenvalue weighted by Crippen LogP contribution is 2.29. The number of imide groups is 1. The smallest absolute Gasteiger partial charge is 0.300 e. The van der Waals surface area contributed by atoms with Crippen molar-refractivity contribution in [2.24, 2.45) is 0 Å². The second-order valence-electron chi connectivity index (χ2n) is 4.01. The number of anilines is 1. The number of aliphatic hydroxyl groups excluding tert-OH is 1. The van der Waals surface area contributed by atoms with Crippen LogP contribution in [-0.2, 0) is 9.59 Å². The summed E-state index contributed by atoms with van der Waals surface area (Å²) in [5, 5.41) is 11.0. The first kappa shape index (κ1) is 10.5. The number of carbonyl (C=O) groups excluding carboxylic acids is 2. The molecule has 1 N–H and O–H groups in total. The van der Waals surface area contributed by atoms with Crippen LogP contribution in [0.25, 0.3) is 10.8 Å². The largest absolute Gasteiger partial charge is 0.503 e. The average molecular weight is 239 g/mol. The predicted octanol–water partition coefficient (Wildman–Crippen LogP) is 2.15. The molecule has 4 heteroatoms. The normalized spacial score (nSPS) is 15.3. The number of fused-ring (bicyclic) bond motifs is 1. The third-order valence-electron chi connectivity index (χ3n) is 2.91. The van der Waals surface area contributed by atoms with Crippen LogP contribution in [0.1, 0.15) is 0 Å². The second-order valence-corrected chi connectivity index (χ2v) is 4.01. The summed E-state index contributed by atoms with van der Waals surface area (Å²) in [6, 6.07) is 12.8. The lowest BCUT2D eigenvalue weighted by atomic mass is 10.1. The van der Waals surface area contributed by atoms with Gasteiger partial charge < -0.3 is 5.11 Å². The van der Waals surface area contributed by atoms with Crippen LogP contribution in [0.5, 0.6) is 0 Å². The monoisotopic (exact) mass is 239 g/mol. The number of carbonyl (C=O) groups is 2. The first-order valence-corrected chi connectivity index (χ1v) is 5.45. The highest BCUT2D eigenvalue weighted by molar-refractivity contribution is 6.31. The Bertz CT molecular complexity index is 698. The van der Waals surface area contributed by atoms with Gasteiger partial charge in [-0.1, -0.05) is 36.4 Å². The molecule has 0 aliphatic carbocycles. The lowest BCUT2D eigenvalue weighted by Gasteiger charge is -2.16. The number of aliphatic hydroxyl groups is 1. The van der Waals surface area contributed by atoms with Crippen LogP contribution in [-0.4, -0.2) is 16.9 Å². The molecule has 2 aromatic rings. The fourth-order valence-electron chi connectivity index (χ4n) is 2.09. The average Bonchev–Trinajstić information content (AvgIpc) is 2.63. The Morgan fingerprint density at radius 3 is 2.39 bits per heavy atom. The molecule has 0 fully saturated rings. The van der Waals surface area contributed by atoms with Gasteiger partial charge in [-0.3, -0.25) is 9.59 Å². The number of hydrogen-bond donors (Lipinski definition) is 1. The number of amides is 2. The quantitative estimate of drug-likeness (QED) is 0.776. The van der Waals surface area contributed by atoms with Gasteiger partial charge in [0, 0.05) is 5.39 Å². The Kier molecular flexibility index (Phi) is 2.16. The Morgan fingerprint density at radius 2 is 1.67 bits per heavy atom. The van der Waals surface area contributed by atoms with Gasteiger partial charge in [-0.15, -0.1) is 0 Å². The van der Waals surface area contributed by atoms with E-state index >= 15 is 0 Å². The molecule has 4 nitrogen and oxygen atoms in total. The Hall–Kier alpha value is -2.62. The van der Waals surface area contributed by atoms with E-state index in [0.717, 1.165) is 21.7 Å². The molecule has 1 aliphatic rings. The van der Waals surface area contributed by atoms with Gasteiger partial charge in [0.15, 0.2) is 5.76 Å². The van der Waals surface area contributed by atoms with E-state index in [9.17, 15) is 14.7 Å². The number of hydrogen-bond acceptors (Lipinski definition) is 3. The molecule has 0 spiro atoms. The summed E-state index contributed by atoms with van der Waals surface area (Å²) in [6.07, 6.45) is 0.935. The highest BCUT2D eigenvalue weighted by Gasteiger charge is 2.32. The summed E-state index contributed by atoms with van der Waals surface area (Å²) >= 11 is 0. The lowest BCUT2D eigenvalue weighted by molar-refractivity contribution is -0.121. The van der Waals surface area contributed by atoms with E-state index in [1.165, 1.54) is 0 Å². The van der Waals surface area contributed by atoms with E-state index in [2.05, 4.69) is 0 Å². The van der Waals surface area contributed by atoms with Gasteiger partial charge in [0.1, 0.15) is 0 Å². The van der Waals surface area contributed by atoms with Crippen LogP contribution in [0.3, 0.4) is 0 Å². The summed E-state index contributed by atoms with van der Waals surface area (Å²) < 4.78 is 0. The van der Waals surface area contributed by atoms with E-state index in [4.69, 9.17) is 0 Å². The van der Waals surface area contributed by atoms with Crippen LogP contribution in [0, 0.1) is 0 Å². The Labute approximate surface area is 103 Å². The van der Waals surface area contributed by atoms with Crippen LogP contribution < -0.4 is 4.90 Å². The molecule has 2 amide bonds. The minimum Gasteiger partial charge on any atom is -0.503 e. The fraction of sp³-hybridized carbons (Fsp3) is 0. The lowest BCUT2D eigenvalue weighted by Crippen LogP contribution is -2.30. The zero-order valence-electron chi connectivity index (χ0n) is 9.33. The van der Waals surface area contributed by atoms with E-state index in [1.807, 2.05) is 30.3 Å². The molecule has 1 aliphatic heterocycles. The Morgan fingerprint density at radius 1 is 0.944 bits per heavy atom. The minimum atomic E-state index is -0.684. The van der Waals surface area contributed by atoms with Crippen molar-refractivity contribution < 1.29 is 14.7 Å². The van der Waals surface area contributed by atoms with Gasteiger partial charge in [-0.05, 0) is 11.5 Å². The predicted molar refractivity (Wildman–Crippen MR) is 67.2 cm³/mol. The zero-order valence-corrected chi connectivity index (χ0v) is 9.33. The molecule has 0 bridgehead atoms. The first-order chi connectivity index (χ1) is 8.68. The molecule has 3 rings (SSSR count). The van der Waals surface area contributed by atoms with Crippen molar-refractivity contribution in [2.75, 3.05) is 4.90 Å². The molecular weight excluding hydrogens is 230 g/mol. The molecule has 0 atom stereocenters. The van der Waals surface area contributed by atoms with E-state index < -0.39 is 17.6 Å². The number of nitrogens with zero attached hydrogens (tertiary/aromatic N) is 1. The Balaban J connectivity index is 2.22. The maximum absolute atomic E-state index is 11.7. The first-order valence-electron chi connectivity index (χ1n) is 5.45. The van der Waals surface area contributed by atoms with Crippen molar-refractivity contribution in [3.05, 3.63) is 54.3 Å². The van der Waals surface area contributed by atoms with Gasteiger partial charge in [0.25, 0.3) is 11.8 Å². The van der Waals surface area contributed by atoms with Gasteiger partial charge >= 0.3 is 0 Å². The number of benzene rings is 2. The van der Waals surface area contributed by atoms with Crippen molar-refractivity contribution in [2.45, 2.75) is 0 Å². The molecule has 18 heavy (non-hydrogen) atoms. The van der Waals surface area contributed by atoms with Crippen LogP contribution >= 0.6 is 0 Å². The van der Waals surface area contributed by atoms with Crippen molar-refractivity contribution in [3.63, 3.8) is 0 Å². The van der Waals surface area contributed by atoms with Crippen LogP contribution in [0.4, 0.5) is 5.69 Å². The number of rotatable bonds is 1. The summed E-state index contributed by atoms with van der Waals surface area (Å²) in [7, 11) is 0. The van der Waals surface area contributed by atoms with Gasteiger partial charge in [-0.2, -0.15) is 0 Å². The highest BCUT2D eigenvalue weighted by atomic mass is 16.3. The van der Waals surface area contributed by atoms with E-state index in [-0.39, 0.29) is 0 Å². The maximum atomic E-state index is 11.7. The van der Waals surface area contributed by atoms with Crippen LogP contribution in [0.15, 0.2) is 54.3 Å². The zero-order chi connectivity index (χ0) is 12.7. The molecule has 0 saturated carbocycles. The summed E-state index contributed by atoms with van der Waals surface area (Å²) in [6.45, 7) is 0. The third-order valence-corrected chi connectivity index (χ3v) is 2.91. The van der Waals surface area contributed by atoms with Crippen molar-refractivity contribution in [3.8, 4) is 0 Å². The van der Waals surface area contributed by atoms with Gasteiger partial charge in [-0.25, -0.2) is 4.90 Å². The summed E-state index contributed by atoms with van der Waals surface area (Å²) in [5.74, 6) is -1.72. The molecule has 2 aromatic carbocycles. The molecule has 1 heterocycles. The van der Waals surface area contributed by atoms with E-state index in [0.29, 0.717) is 5.69 Å². The molecule has 0 saturated heterocycles.